The van der Waals surface area contributed by atoms with Gasteiger partial charge in [-0.05, 0) is 91.5 Å². The zero-order valence-electron chi connectivity index (χ0n) is 21.9. The summed E-state index contributed by atoms with van der Waals surface area (Å²) in [6.45, 7) is 8.18. The van der Waals surface area contributed by atoms with Crippen LogP contribution in [0.5, 0.6) is 11.5 Å². The third kappa shape index (κ3) is 6.26. The van der Waals surface area contributed by atoms with Crippen LogP contribution in [-0.4, -0.2) is 35.2 Å². The first-order valence-electron chi connectivity index (χ1n) is 12.3. The molecule has 1 aliphatic heterocycles. The normalized spacial score (nSPS) is 14.2. The van der Waals surface area contributed by atoms with E-state index in [1.54, 1.807) is 24.3 Å². The van der Waals surface area contributed by atoms with Gasteiger partial charge in [-0.25, -0.2) is 0 Å². The second-order valence-electron chi connectivity index (χ2n) is 8.92. The number of amides is 3. The minimum Gasteiger partial charge on any atom is -0.490 e. The van der Waals surface area contributed by atoms with E-state index in [4.69, 9.17) is 9.47 Å². The lowest BCUT2D eigenvalue weighted by molar-refractivity contribution is -0.123. The molecule has 8 heteroatoms. The van der Waals surface area contributed by atoms with Gasteiger partial charge in [0, 0.05) is 5.69 Å². The maximum atomic E-state index is 13.0. The molecule has 0 unspecified atom stereocenters. The monoisotopic (exact) mass is 530 g/mol. The summed E-state index contributed by atoms with van der Waals surface area (Å²) in [6.07, 6.45) is 1.67. The summed E-state index contributed by atoms with van der Waals surface area (Å²) in [5.41, 5.74) is 5.47. The number of imide groups is 1. The van der Waals surface area contributed by atoms with Crippen molar-refractivity contribution in [2.75, 3.05) is 18.5 Å². The summed E-state index contributed by atoms with van der Waals surface area (Å²) < 4.78 is 11.5. The molecule has 3 aromatic rings. The number of nitrogens with zero attached hydrogens (tertiary/aromatic N) is 1. The maximum Gasteiger partial charge on any atom is 0.293 e. The SMILES string of the molecule is CCOc1cc(/C=C2\SC(=O)N(Cc3ccccc3C)C2=O)ccc1OCC(=O)Nc1cccc(C)c1C. The van der Waals surface area contributed by atoms with Crippen molar-refractivity contribution < 1.29 is 23.9 Å². The van der Waals surface area contributed by atoms with Gasteiger partial charge in [-0.2, -0.15) is 0 Å². The molecule has 1 N–H and O–H groups in total. The van der Waals surface area contributed by atoms with Crippen molar-refractivity contribution >= 4 is 40.6 Å². The second kappa shape index (κ2) is 12.0. The molecule has 0 saturated carbocycles. The molecule has 0 aromatic heterocycles. The highest BCUT2D eigenvalue weighted by Gasteiger charge is 2.35. The van der Waals surface area contributed by atoms with Crippen molar-refractivity contribution in [2.45, 2.75) is 34.2 Å². The summed E-state index contributed by atoms with van der Waals surface area (Å²) in [5.74, 6) is 0.241. The standard InChI is InChI=1S/C30H30N2O5S/c1-5-36-26-15-22(13-14-25(26)37-18-28(33)31-24-12-8-10-19(2)21(24)4)16-27-29(34)32(30(35)38-27)17-23-11-7-6-9-20(23)3/h6-16H,5,17-18H2,1-4H3,(H,31,33)/b27-16-. The molecule has 0 aliphatic carbocycles. The number of hydrogen-bond donors (Lipinski definition) is 1. The fraction of sp³-hybridized carbons (Fsp3) is 0.233. The smallest absolute Gasteiger partial charge is 0.293 e. The molecule has 3 aromatic carbocycles. The predicted molar refractivity (Wildman–Crippen MR) is 150 cm³/mol. The molecule has 196 valence electrons. The molecule has 4 rings (SSSR count). The topological polar surface area (TPSA) is 84.9 Å². The average Bonchev–Trinajstić information content (AvgIpc) is 3.15. The summed E-state index contributed by atoms with van der Waals surface area (Å²) in [5, 5.41) is 2.57. The molecule has 0 bridgehead atoms. The van der Waals surface area contributed by atoms with Gasteiger partial charge in [0.2, 0.25) is 0 Å². The van der Waals surface area contributed by atoms with Gasteiger partial charge in [-0.15, -0.1) is 0 Å². The van der Waals surface area contributed by atoms with Crippen LogP contribution in [0.3, 0.4) is 0 Å². The van der Waals surface area contributed by atoms with Gasteiger partial charge in [-0.3, -0.25) is 19.3 Å². The first kappa shape index (κ1) is 27.0. The van der Waals surface area contributed by atoms with Crippen molar-refractivity contribution in [3.05, 3.63) is 93.4 Å². The predicted octanol–water partition coefficient (Wildman–Crippen LogP) is 6.26. The fourth-order valence-corrected chi connectivity index (χ4v) is 4.80. The van der Waals surface area contributed by atoms with Crippen LogP contribution in [0.1, 0.15) is 34.7 Å². The van der Waals surface area contributed by atoms with Crippen molar-refractivity contribution in [1.82, 2.24) is 4.90 Å². The molecular formula is C30H30N2O5S. The zero-order chi connectivity index (χ0) is 27.2. The van der Waals surface area contributed by atoms with E-state index < -0.39 is 0 Å². The minimum atomic E-state index is -0.329. The number of carbonyl (C=O) groups excluding carboxylic acids is 3. The van der Waals surface area contributed by atoms with Crippen LogP contribution in [0.4, 0.5) is 10.5 Å². The third-order valence-electron chi connectivity index (χ3n) is 6.27. The number of hydrogen-bond acceptors (Lipinski definition) is 6. The highest BCUT2D eigenvalue weighted by molar-refractivity contribution is 8.18. The van der Waals surface area contributed by atoms with E-state index in [2.05, 4.69) is 5.32 Å². The first-order valence-corrected chi connectivity index (χ1v) is 13.1. The molecule has 1 heterocycles. The van der Waals surface area contributed by atoms with Crippen LogP contribution in [0.25, 0.3) is 6.08 Å². The van der Waals surface area contributed by atoms with Gasteiger partial charge in [0.25, 0.3) is 17.1 Å². The number of carbonyl (C=O) groups is 3. The third-order valence-corrected chi connectivity index (χ3v) is 7.17. The summed E-state index contributed by atoms with van der Waals surface area (Å²) >= 11 is 0.916. The van der Waals surface area contributed by atoms with E-state index >= 15 is 0 Å². The highest BCUT2D eigenvalue weighted by Crippen LogP contribution is 2.35. The first-order chi connectivity index (χ1) is 18.3. The van der Waals surface area contributed by atoms with E-state index in [0.29, 0.717) is 28.6 Å². The van der Waals surface area contributed by atoms with Gasteiger partial charge >= 0.3 is 0 Å². The molecule has 1 saturated heterocycles. The number of nitrogens with one attached hydrogen (secondary N) is 1. The van der Waals surface area contributed by atoms with E-state index in [0.717, 1.165) is 39.7 Å². The number of aryl methyl sites for hydroxylation is 2. The van der Waals surface area contributed by atoms with E-state index in [1.165, 1.54) is 4.90 Å². The summed E-state index contributed by atoms with van der Waals surface area (Å²) in [6, 6.07) is 18.6. The average molecular weight is 531 g/mol. The Morgan fingerprint density at radius 1 is 0.947 bits per heavy atom. The van der Waals surface area contributed by atoms with Crippen molar-refractivity contribution in [1.29, 1.82) is 0 Å². The zero-order valence-corrected chi connectivity index (χ0v) is 22.7. The number of thioether (sulfide) groups is 1. The van der Waals surface area contributed by atoms with Crippen molar-refractivity contribution in [3.63, 3.8) is 0 Å². The molecule has 1 fully saturated rings. The maximum absolute atomic E-state index is 13.0. The lowest BCUT2D eigenvalue weighted by Gasteiger charge is -2.14. The van der Waals surface area contributed by atoms with Gasteiger partial charge in [0.1, 0.15) is 0 Å². The Bertz CT molecular complexity index is 1420. The Morgan fingerprint density at radius 3 is 2.47 bits per heavy atom. The Kier molecular flexibility index (Phi) is 8.53. The molecule has 1 aliphatic rings. The highest BCUT2D eigenvalue weighted by atomic mass is 32.2. The Labute approximate surface area is 226 Å². The van der Waals surface area contributed by atoms with Gasteiger partial charge in [0.05, 0.1) is 18.1 Å². The molecule has 3 amide bonds. The van der Waals surface area contributed by atoms with Crippen LogP contribution in [-0.2, 0) is 16.1 Å². The fourth-order valence-electron chi connectivity index (χ4n) is 3.96. The number of ether oxygens (including phenoxy) is 2. The Balaban J connectivity index is 1.45. The number of anilines is 1. The van der Waals surface area contributed by atoms with Gasteiger partial charge in [0.15, 0.2) is 18.1 Å². The minimum absolute atomic E-state index is 0.190. The summed E-state index contributed by atoms with van der Waals surface area (Å²) in [7, 11) is 0. The van der Waals surface area contributed by atoms with Crippen LogP contribution < -0.4 is 14.8 Å². The Hall–Kier alpha value is -4.04. The molecular weight excluding hydrogens is 500 g/mol. The second-order valence-corrected chi connectivity index (χ2v) is 9.91. The molecule has 38 heavy (non-hydrogen) atoms. The van der Waals surface area contributed by atoms with Gasteiger partial charge < -0.3 is 14.8 Å². The molecule has 0 radical (unpaired) electrons. The quantitative estimate of drug-likeness (QED) is 0.329. The number of rotatable bonds is 9. The molecule has 0 atom stereocenters. The van der Waals surface area contributed by atoms with E-state index in [-0.39, 0.29) is 30.2 Å². The van der Waals surface area contributed by atoms with Crippen LogP contribution >= 0.6 is 11.8 Å². The molecule has 7 nitrogen and oxygen atoms in total. The lowest BCUT2D eigenvalue weighted by atomic mass is 10.1. The lowest BCUT2D eigenvalue weighted by Crippen LogP contribution is -2.27. The van der Waals surface area contributed by atoms with E-state index in [1.807, 2.05) is 70.2 Å². The van der Waals surface area contributed by atoms with Crippen molar-refractivity contribution in [3.8, 4) is 11.5 Å². The Morgan fingerprint density at radius 2 is 1.71 bits per heavy atom. The van der Waals surface area contributed by atoms with Crippen LogP contribution in [0.2, 0.25) is 0 Å². The van der Waals surface area contributed by atoms with Crippen LogP contribution in [0.15, 0.2) is 65.6 Å². The van der Waals surface area contributed by atoms with Gasteiger partial charge in [-0.1, -0.05) is 42.5 Å². The van der Waals surface area contributed by atoms with Crippen molar-refractivity contribution in [2.24, 2.45) is 0 Å². The molecule has 0 spiro atoms. The van der Waals surface area contributed by atoms with E-state index in [9.17, 15) is 14.4 Å². The number of benzene rings is 3. The largest absolute Gasteiger partial charge is 0.490 e. The summed E-state index contributed by atoms with van der Waals surface area (Å²) in [4.78, 5) is 39.7. The van der Waals surface area contributed by atoms with Crippen LogP contribution in [0, 0.1) is 20.8 Å².